The van der Waals surface area contributed by atoms with E-state index in [2.05, 4.69) is 36.5 Å². The zero-order chi connectivity index (χ0) is 14.4. The number of aromatic hydroxyl groups is 1. The molecule has 0 fully saturated rings. The maximum atomic E-state index is 10.1. The van der Waals surface area contributed by atoms with Gasteiger partial charge < -0.3 is 15.2 Å². The first-order chi connectivity index (χ1) is 9.70. The van der Waals surface area contributed by atoms with Crippen LogP contribution in [-0.2, 0) is 13.1 Å². The van der Waals surface area contributed by atoms with Crippen LogP contribution in [0.25, 0.3) is 0 Å². The zero-order valence-electron chi connectivity index (χ0n) is 12.0. The van der Waals surface area contributed by atoms with E-state index in [0.717, 1.165) is 12.1 Å². The minimum atomic E-state index is 0.228. The molecule has 0 aliphatic carbocycles. The third-order valence-corrected chi connectivity index (χ3v) is 3.11. The van der Waals surface area contributed by atoms with Gasteiger partial charge in [-0.1, -0.05) is 42.0 Å². The van der Waals surface area contributed by atoms with E-state index in [1.807, 2.05) is 19.1 Å². The van der Waals surface area contributed by atoms with Crippen LogP contribution in [-0.4, -0.2) is 11.7 Å². The monoisotopic (exact) mass is 271 g/mol. The normalized spacial score (nSPS) is 10.5. The molecule has 0 atom stereocenters. The van der Waals surface area contributed by atoms with E-state index >= 15 is 0 Å². The molecule has 0 unspecified atom stereocenters. The molecule has 0 saturated heterocycles. The largest absolute Gasteiger partial charge is 0.504 e. The van der Waals surface area contributed by atoms with Crippen LogP contribution in [0.15, 0.2) is 42.5 Å². The number of ether oxygens (including phenoxy) is 1. The van der Waals surface area contributed by atoms with Crippen molar-refractivity contribution in [3.8, 4) is 11.5 Å². The number of para-hydroxylation sites is 1. The smallest absolute Gasteiger partial charge is 0.162 e. The Morgan fingerprint density at radius 1 is 1.10 bits per heavy atom. The molecule has 0 aliphatic rings. The topological polar surface area (TPSA) is 41.5 Å². The van der Waals surface area contributed by atoms with Gasteiger partial charge in [-0.2, -0.15) is 0 Å². The van der Waals surface area contributed by atoms with Crippen LogP contribution in [0.3, 0.4) is 0 Å². The van der Waals surface area contributed by atoms with Crippen LogP contribution in [0.5, 0.6) is 11.5 Å². The number of benzene rings is 2. The molecule has 0 saturated carbocycles. The van der Waals surface area contributed by atoms with E-state index < -0.39 is 0 Å². The first kappa shape index (κ1) is 14.4. The number of aryl methyl sites for hydroxylation is 1. The summed E-state index contributed by atoms with van der Waals surface area (Å²) in [6.07, 6.45) is 0. The fourth-order valence-corrected chi connectivity index (χ4v) is 2.15. The van der Waals surface area contributed by atoms with Gasteiger partial charge in [0.05, 0.1) is 6.61 Å². The Hall–Kier alpha value is -2.00. The van der Waals surface area contributed by atoms with Gasteiger partial charge in [-0.05, 0) is 25.5 Å². The molecule has 0 spiro atoms. The minimum absolute atomic E-state index is 0.228. The Balaban J connectivity index is 1.96. The molecule has 0 aliphatic heterocycles. The Morgan fingerprint density at radius 2 is 1.90 bits per heavy atom. The van der Waals surface area contributed by atoms with Gasteiger partial charge in [0, 0.05) is 18.7 Å². The molecule has 3 nitrogen and oxygen atoms in total. The molecule has 2 N–H and O–H groups in total. The van der Waals surface area contributed by atoms with Crippen LogP contribution in [0, 0.1) is 6.92 Å². The molecule has 2 rings (SSSR count). The summed E-state index contributed by atoms with van der Waals surface area (Å²) in [6, 6.07) is 14.0. The van der Waals surface area contributed by atoms with Crippen molar-refractivity contribution in [2.45, 2.75) is 26.9 Å². The first-order valence-corrected chi connectivity index (χ1v) is 6.90. The quantitative estimate of drug-likeness (QED) is 0.846. The molecule has 2 aromatic carbocycles. The molecule has 0 amide bonds. The van der Waals surface area contributed by atoms with Gasteiger partial charge in [0.15, 0.2) is 11.5 Å². The summed E-state index contributed by atoms with van der Waals surface area (Å²) in [7, 11) is 0. The summed E-state index contributed by atoms with van der Waals surface area (Å²) in [5, 5.41) is 13.4. The van der Waals surface area contributed by atoms with Crippen LogP contribution >= 0.6 is 0 Å². The van der Waals surface area contributed by atoms with Crippen molar-refractivity contribution in [3.05, 3.63) is 59.2 Å². The van der Waals surface area contributed by atoms with Gasteiger partial charge in [0.25, 0.3) is 0 Å². The summed E-state index contributed by atoms with van der Waals surface area (Å²) in [5.41, 5.74) is 3.35. The van der Waals surface area contributed by atoms with Gasteiger partial charge in [0.2, 0.25) is 0 Å². The zero-order valence-corrected chi connectivity index (χ0v) is 12.0. The average Bonchev–Trinajstić information content (AvgIpc) is 2.43. The lowest BCUT2D eigenvalue weighted by Crippen LogP contribution is -2.13. The molecular formula is C17H21NO2. The van der Waals surface area contributed by atoms with E-state index in [-0.39, 0.29) is 5.75 Å². The summed E-state index contributed by atoms with van der Waals surface area (Å²) in [4.78, 5) is 0. The molecule has 2 aromatic rings. The van der Waals surface area contributed by atoms with Crippen molar-refractivity contribution in [2.24, 2.45) is 0 Å². The molecule has 0 bridgehead atoms. The average molecular weight is 271 g/mol. The van der Waals surface area contributed by atoms with Crippen molar-refractivity contribution in [1.29, 1.82) is 0 Å². The van der Waals surface area contributed by atoms with E-state index in [0.29, 0.717) is 18.9 Å². The van der Waals surface area contributed by atoms with Gasteiger partial charge in [-0.25, -0.2) is 0 Å². The van der Waals surface area contributed by atoms with Crippen molar-refractivity contribution in [3.63, 3.8) is 0 Å². The van der Waals surface area contributed by atoms with E-state index in [9.17, 15) is 5.11 Å². The molecule has 0 heterocycles. The van der Waals surface area contributed by atoms with E-state index in [1.165, 1.54) is 11.1 Å². The van der Waals surface area contributed by atoms with Crippen molar-refractivity contribution in [2.75, 3.05) is 6.61 Å². The number of rotatable bonds is 6. The number of nitrogens with one attached hydrogen (secondary N) is 1. The highest BCUT2D eigenvalue weighted by Crippen LogP contribution is 2.29. The third-order valence-electron chi connectivity index (χ3n) is 3.11. The predicted molar refractivity (Wildman–Crippen MR) is 81.0 cm³/mol. The number of hydrogen-bond acceptors (Lipinski definition) is 3. The predicted octanol–water partition coefficient (Wildman–Crippen LogP) is 3.39. The maximum absolute atomic E-state index is 10.1. The molecule has 20 heavy (non-hydrogen) atoms. The number of phenolic OH excluding ortho intramolecular Hbond substituents is 1. The fraction of sp³-hybridized carbons (Fsp3) is 0.294. The van der Waals surface area contributed by atoms with Crippen LogP contribution < -0.4 is 10.1 Å². The lowest BCUT2D eigenvalue weighted by atomic mass is 10.1. The molecule has 106 valence electrons. The fourth-order valence-electron chi connectivity index (χ4n) is 2.15. The molecule has 3 heteroatoms. The van der Waals surface area contributed by atoms with Gasteiger partial charge in [-0.15, -0.1) is 0 Å². The second kappa shape index (κ2) is 6.96. The highest BCUT2D eigenvalue weighted by Gasteiger charge is 2.07. The lowest BCUT2D eigenvalue weighted by Gasteiger charge is -2.11. The van der Waals surface area contributed by atoms with Crippen molar-refractivity contribution < 1.29 is 9.84 Å². The highest BCUT2D eigenvalue weighted by molar-refractivity contribution is 5.45. The van der Waals surface area contributed by atoms with Gasteiger partial charge in [0.1, 0.15) is 0 Å². The first-order valence-electron chi connectivity index (χ1n) is 6.90. The molecular weight excluding hydrogens is 250 g/mol. The number of phenols is 1. The van der Waals surface area contributed by atoms with Crippen LogP contribution in [0.1, 0.15) is 23.6 Å². The Labute approximate surface area is 120 Å². The van der Waals surface area contributed by atoms with Crippen molar-refractivity contribution in [1.82, 2.24) is 5.32 Å². The standard InChI is InChI=1S/C17H21NO2/c1-3-20-16-9-5-8-15(17(16)19)12-18-11-14-7-4-6-13(2)10-14/h4-10,18-19H,3,11-12H2,1-2H3. The van der Waals surface area contributed by atoms with Crippen molar-refractivity contribution >= 4 is 0 Å². The second-order valence-corrected chi connectivity index (χ2v) is 4.79. The minimum Gasteiger partial charge on any atom is -0.504 e. The molecule has 0 radical (unpaired) electrons. The van der Waals surface area contributed by atoms with E-state index in [4.69, 9.17) is 4.74 Å². The summed E-state index contributed by atoms with van der Waals surface area (Å²) < 4.78 is 5.38. The summed E-state index contributed by atoms with van der Waals surface area (Å²) in [5.74, 6) is 0.772. The summed E-state index contributed by atoms with van der Waals surface area (Å²) in [6.45, 7) is 5.93. The van der Waals surface area contributed by atoms with Crippen LogP contribution in [0.2, 0.25) is 0 Å². The Bertz CT molecular complexity index is 567. The van der Waals surface area contributed by atoms with Crippen LogP contribution in [0.4, 0.5) is 0 Å². The van der Waals surface area contributed by atoms with Gasteiger partial charge >= 0.3 is 0 Å². The SMILES string of the molecule is CCOc1cccc(CNCc2cccc(C)c2)c1O. The Morgan fingerprint density at radius 3 is 2.65 bits per heavy atom. The third kappa shape index (κ3) is 3.75. The summed E-state index contributed by atoms with van der Waals surface area (Å²) >= 11 is 0. The number of hydrogen-bond donors (Lipinski definition) is 2. The highest BCUT2D eigenvalue weighted by atomic mass is 16.5. The molecule has 0 aromatic heterocycles. The van der Waals surface area contributed by atoms with E-state index in [1.54, 1.807) is 6.07 Å². The maximum Gasteiger partial charge on any atom is 0.162 e. The Kier molecular flexibility index (Phi) is 5.02. The second-order valence-electron chi connectivity index (χ2n) is 4.79. The van der Waals surface area contributed by atoms with Gasteiger partial charge in [-0.3, -0.25) is 0 Å². The lowest BCUT2D eigenvalue weighted by molar-refractivity contribution is 0.316.